The van der Waals surface area contributed by atoms with Crippen LogP contribution in [0.4, 0.5) is 5.69 Å². The number of nitrogens with two attached hydrogens (primary N) is 1. The molecule has 1 aromatic carbocycles. The Bertz CT molecular complexity index is 550. The highest BCUT2D eigenvalue weighted by Gasteiger charge is 2.26. The van der Waals surface area contributed by atoms with E-state index in [0.717, 1.165) is 0 Å². The van der Waals surface area contributed by atoms with Crippen molar-refractivity contribution >= 4 is 17.5 Å². The number of hydrogen-bond donors (Lipinski definition) is 1. The van der Waals surface area contributed by atoms with Gasteiger partial charge in [-0.05, 0) is 18.9 Å². The Morgan fingerprint density at radius 1 is 1.30 bits per heavy atom. The lowest BCUT2D eigenvalue weighted by Crippen LogP contribution is -2.41. The summed E-state index contributed by atoms with van der Waals surface area (Å²) >= 11 is 0. The number of amides is 2. The fraction of sp³-hybridized carbons (Fsp3) is 0.385. The third-order valence-corrected chi connectivity index (χ3v) is 3.49. The zero-order valence-corrected chi connectivity index (χ0v) is 10.8. The molecule has 7 nitrogen and oxygen atoms in total. The predicted octanol–water partition coefficient (Wildman–Crippen LogP) is 0.932. The Labute approximate surface area is 115 Å². The van der Waals surface area contributed by atoms with Crippen LogP contribution in [0.25, 0.3) is 0 Å². The number of benzene rings is 1. The summed E-state index contributed by atoms with van der Waals surface area (Å²) in [5, 5.41) is 10.7. The fourth-order valence-electron chi connectivity index (χ4n) is 2.30. The first-order chi connectivity index (χ1) is 9.49. The monoisotopic (exact) mass is 277 g/mol. The van der Waals surface area contributed by atoms with Crippen molar-refractivity contribution in [1.82, 2.24) is 4.90 Å². The van der Waals surface area contributed by atoms with E-state index >= 15 is 0 Å². The molecular formula is C13H15N3O4. The molecule has 106 valence electrons. The molecule has 1 aliphatic rings. The van der Waals surface area contributed by atoms with E-state index in [1.165, 1.54) is 18.2 Å². The SMILES string of the molecule is NC(=O)C1CCN(C(=O)c2cccc([N+](=O)[O-])c2)CC1. The molecule has 0 radical (unpaired) electrons. The molecule has 1 heterocycles. The number of likely N-dealkylation sites (tertiary alicyclic amines) is 1. The average Bonchev–Trinajstić information content (AvgIpc) is 2.46. The van der Waals surface area contributed by atoms with E-state index in [2.05, 4.69) is 0 Å². The van der Waals surface area contributed by atoms with Crippen LogP contribution in [0.3, 0.4) is 0 Å². The topological polar surface area (TPSA) is 107 Å². The number of non-ortho nitro benzene ring substituents is 1. The summed E-state index contributed by atoms with van der Waals surface area (Å²) < 4.78 is 0. The molecule has 2 amide bonds. The molecule has 0 aromatic heterocycles. The smallest absolute Gasteiger partial charge is 0.270 e. The van der Waals surface area contributed by atoms with E-state index in [9.17, 15) is 19.7 Å². The van der Waals surface area contributed by atoms with E-state index in [1.54, 1.807) is 11.0 Å². The standard InChI is InChI=1S/C13H15N3O4/c14-12(17)9-4-6-15(7-5-9)13(18)10-2-1-3-11(8-10)16(19)20/h1-3,8-9H,4-7H2,(H2,14,17). The normalized spacial score (nSPS) is 15.9. The van der Waals surface area contributed by atoms with Gasteiger partial charge in [-0.2, -0.15) is 0 Å². The molecule has 0 atom stereocenters. The number of primary amides is 1. The number of carbonyl (C=O) groups is 2. The van der Waals surface area contributed by atoms with E-state index in [-0.39, 0.29) is 29.0 Å². The van der Waals surface area contributed by atoms with Gasteiger partial charge in [0, 0.05) is 36.7 Å². The average molecular weight is 277 g/mol. The van der Waals surface area contributed by atoms with Gasteiger partial charge in [0.05, 0.1) is 4.92 Å². The molecule has 1 fully saturated rings. The number of nitrogens with zero attached hydrogens (tertiary/aromatic N) is 2. The minimum absolute atomic E-state index is 0.108. The van der Waals surface area contributed by atoms with Crippen LogP contribution >= 0.6 is 0 Å². The van der Waals surface area contributed by atoms with Crippen LogP contribution in [-0.2, 0) is 4.79 Å². The van der Waals surface area contributed by atoms with Crippen LogP contribution < -0.4 is 5.73 Å². The second-order valence-corrected chi connectivity index (χ2v) is 4.78. The lowest BCUT2D eigenvalue weighted by atomic mass is 9.96. The maximum Gasteiger partial charge on any atom is 0.270 e. The first kappa shape index (κ1) is 14.0. The zero-order valence-electron chi connectivity index (χ0n) is 10.8. The molecule has 0 spiro atoms. The van der Waals surface area contributed by atoms with Crippen LogP contribution in [0.1, 0.15) is 23.2 Å². The largest absolute Gasteiger partial charge is 0.369 e. The highest BCUT2D eigenvalue weighted by Crippen LogP contribution is 2.20. The number of carbonyl (C=O) groups excluding carboxylic acids is 2. The molecule has 1 saturated heterocycles. The van der Waals surface area contributed by atoms with E-state index in [1.807, 2.05) is 0 Å². The zero-order chi connectivity index (χ0) is 14.7. The number of piperidine rings is 1. The quantitative estimate of drug-likeness (QED) is 0.655. The Morgan fingerprint density at radius 2 is 1.95 bits per heavy atom. The summed E-state index contributed by atoms with van der Waals surface area (Å²) in [6, 6.07) is 5.65. The molecule has 2 rings (SSSR count). The van der Waals surface area contributed by atoms with Gasteiger partial charge in [0.15, 0.2) is 0 Å². The van der Waals surface area contributed by atoms with Gasteiger partial charge in [-0.25, -0.2) is 0 Å². The van der Waals surface area contributed by atoms with Crippen LogP contribution in [0.15, 0.2) is 24.3 Å². The first-order valence-corrected chi connectivity index (χ1v) is 6.32. The summed E-state index contributed by atoms with van der Waals surface area (Å²) in [4.78, 5) is 35.1. The van der Waals surface area contributed by atoms with Gasteiger partial charge in [-0.1, -0.05) is 6.07 Å². The van der Waals surface area contributed by atoms with Crippen LogP contribution in [0, 0.1) is 16.0 Å². The number of nitro groups is 1. The Hall–Kier alpha value is -2.44. The highest BCUT2D eigenvalue weighted by atomic mass is 16.6. The molecule has 0 unspecified atom stereocenters. The maximum atomic E-state index is 12.2. The Morgan fingerprint density at radius 3 is 2.50 bits per heavy atom. The molecule has 2 N–H and O–H groups in total. The van der Waals surface area contributed by atoms with Gasteiger partial charge >= 0.3 is 0 Å². The highest BCUT2D eigenvalue weighted by molar-refractivity contribution is 5.95. The molecule has 0 saturated carbocycles. The number of rotatable bonds is 3. The van der Waals surface area contributed by atoms with Crippen molar-refractivity contribution in [2.75, 3.05) is 13.1 Å². The van der Waals surface area contributed by atoms with Crippen LogP contribution in [-0.4, -0.2) is 34.7 Å². The summed E-state index contributed by atoms with van der Waals surface area (Å²) in [5.41, 5.74) is 5.42. The van der Waals surface area contributed by atoms with E-state index in [4.69, 9.17) is 5.73 Å². The van der Waals surface area contributed by atoms with Crippen molar-refractivity contribution in [2.24, 2.45) is 11.7 Å². The first-order valence-electron chi connectivity index (χ1n) is 6.32. The van der Waals surface area contributed by atoms with Gasteiger partial charge in [0.1, 0.15) is 0 Å². The third kappa shape index (κ3) is 2.93. The van der Waals surface area contributed by atoms with E-state index in [0.29, 0.717) is 25.9 Å². The molecule has 0 bridgehead atoms. The molecule has 1 aromatic rings. The van der Waals surface area contributed by atoms with Gasteiger partial charge < -0.3 is 10.6 Å². The fourth-order valence-corrected chi connectivity index (χ4v) is 2.30. The molecule has 0 aliphatic carbocycles. The number of nitro benzene ring substituents is 1. The van der Waals surface area contributed by atoms with Crippen LogP contribution in [0.5, 0.6) is 0 Å². The van der Waals surface area contributed by atoms with Gasteiger partial charge in [-0.3, -0.25) is 19.7 Å². The Kier molecular flexibility index (Phi) is 3.97. The molecule has 20 heavy (non-hydrogen) atoms. The second kappa shape index (κ2) is 5.68. The molecule has 1 aliphatic heterocycles. The minimum Gasteiger partial charge on any atom is -0.369 e. The van der Waals surface area contributed by atoms with Crippen molar-refractivity contribution in [1.29, 1.82) is 0 Å². The summed E-state index contributed by atoms with van der Waals surface area (Å²) in [7, 11) is 0. The van der Waals surface area contributed by atoms with Gasteiger partial charge in [0.2, 0.25) is 5.91 Å². The molecule has 7 heteroatoms. The lowest BCUT2D eigenvalue weighted by molar-refractivity contribution is -0.384. The van der Waals surface area contributed by atoms with Crippen molar-refractivity contribution in [2.45, 2.75) is 12.8 Å². The predicted molar refractivity (Wildman–Crippen MR) is 70.9 cm³/mol. The maximum absolute atomic E-state index is 12.2. The lowest BCUT2D eigenvalue weighted by Gasteiger charge is -2.30. The minimum atomic E-state index is -0.532. The second-order valence-electron chi connectivity index (χ2n) is 4.78. The summed E-state index contributed by atoms with van der Waals surface area (Å²) in [6.07, 6.45) is 1.08. The van der Waals surface area contributed by atoms with E-state index < -0.39 is 4.92 Å². The van der Waals surface area contributed by atoms with Crippen molar-refractivity contribution in [3.8, 4) is 0 Å². The van der Waals surface area contributed by atoms with Crippen molar-refractivity contribution < 1.29 is 14.5 Å². The third-order valence-electron chi connectivity index (χ3n) is 3.49. The Balaban J connectivity index is 2.07. The summed E-state index contributed by atoms with van der Waals surface area (Å²) in [5.74, 6) is -0.784. The van der Waals surface area contributed by atoms with Crippen LogP contribution in [0.2, 0.25) is 0 Å². The van der Waals surface area contributed by atoms with Gasteiger partial charge in [-0.15, -0.1) is 0 Å². The summed E-state index contributed by atoms with van der Waals surface area (Å²) in [6.45, 7) is 0.879. The van der Waals surface area contributed by atoms with Crippen molar-refractivity contribution in [3.63, 3.8) is 0 Å². The molecular weight excluding hydrogens is 262 g/mol. The van der Waals surface area contributed by atoms with Crippen molar-refractivity contribution in [3.05, 3.63) is 39.9 Å². The van der Waals surface area contributed by atoms with Gasteiger partial charge in [0.25, 0.3) is 11.6 Å². The number of hydrogen-bond acceptors (Lipinski definition) is 4.